The fourth-order valence-corrected chi connectivity index (χ4v) is 3.07. The van der Waals surface area contributed by atoms with Crippen molar-refractivity contribution in [2.75, 3.05) is 0 Å². The van der Waals surface area contributed by atoms with Gasteiger partial charge in [-0.15, -0.1) is 0 Å². The number of nitrogens with zero attached hydrogens (tertiary/aromatic N) is 1. The molecule has 110 valence electrons. The number of hydrogen-bond acceptors (Lipinski definition) is 3. The summed E-state index contributed by atoms with van der Waals surface area (Å²) in [5.74, 6) is 0.0656. The third-order valence-electron chi connectivity index (χ3n) is 4.97. The fourth-order valence-electron chi connectivity index (χ4n) is 2.83. The molecule has 0 unspecified atom stereocenters. The summed E-state index contributed by atoms with van der Waals surface area (Å²) in [6, 6.07) is 5.91. The van der Waals surface area contributed by atoms with Crippen molar-refractivity contribution >= 4 is 17.4 Å². The molecule has 0 spiro atoms. The van der Waals surface area contributed by atoms with Gasteiger partial charge in [-0.05, 0) is 22.5 Å². The summed E-state index contributed by atoms with van der Waals surface area (Å²) in [5.41, 5.74) is 7.77. The highest BCUT2D eigenvalue weighted by atomic mass is 35.5. The number of oxime groups is 1. The van der Waals surface area contributed by atoms with Crippen molar-refractivity contribution in [3.05, 3.63) is 34.3 Å². The van der Waals surface area contributed by atoms with Gasteiger partial charge in [0.05, 0.1) is 0 Å². The predicted molar refractivity (Wildman–Crippen MR) is 82.2 cm³/mol. The van der Waals surface area contributed by atoms with Gasteiger partial charge >= 0.3 is 0 Å². The maximum atomic E-state index is 8.66. The van der Waals surface area contributed by atoms with Gasteiger partial charge < -0.3 is 16.3 Å². The van der Waals surface area contributed by atoms with E-state index in [4.69, 9.17) is 22.5 Å². The summed E-state index contributed by atoms with van der Waals surface area (Å²) >= 11 is 6.24. The molecule has 2 rings (SSSR count). The lowest BCUT2D eigenvalue weighted by Crippen LogP contribution is -2.22. The predicted octanol–water partition coefficient (Wildman–Crippen LogP) is 2.96. The van der Waals surface area contributed by atoms with E-state index < -0.39 is 0 Å². The Hall–Kier alpha value is -1.26. The first kappa shape index (κ1) is 15.1. The second-order valence-corrected chi connectivity index (χ2v) is 6.96. The Morgan fingerprint density at radius 3 is 2.40 bits per heavy atom. The molecule has 1 fully saturated rings. The van der Waals surface area contributed by atoms with E-state index in [1.54, 1.807) is 12.1 Å². The molecule has 0 aromatic heterocycles. The van der Waals surface area contributed by atoms with Crippen LogP contribution in [0.1, 0.15) is 38.8 Å². The highest BCUT2D eigenvalue weighted by molar-refractivity contribution is 6.31. The fraction of sp³-hybridized carbons (Fsp3) is 0.533. The van der Waals surface area contributed by atoms with E-state index in [2.05, 4.69) is 38.2 Å². The van der Waals surface area contributed by atoms with Crippen molar-refractivity contribution in [2.45, 2.75) is 40.3 Å². The number of hydrogen-bond donors (Lipinski definition) is 3. The third-order valence-corrected chi connectivity index (χ3v) is 5.33. The van der Waals surface area contributed by atoms with Crippen LogP contribution in [0, 0.1) is 10.8 Å². The molecular weight excluding hydrogens is 274 g/mol. The van der Waals surface area contributed by atoms with E-state index in [-0.39, 0.29) is 5.84 Å². The highest BCUT2D eigenvalue weighted by Gasteiger charge is 2.64. The van der Waals surface area contributed by atoms with Gasteiger partial charge in [0.2, 0.25) is 0 Å². The van der Waals surface area contributed by atoms with Crippen molar-refractivity contribution < 1.29 is 5.21 Å². The molecule has 0 amide bonds. The number of amidine groups is 1. The van der Waals surface area contributed by atoms with Crippen LogP contribution >= 0.6 is 11.6 Å². The standard InChI is InChI=1S/C15H22ClN3O/c1-14(2)13(15(14,3)4)18-8-10-6-5-9(7-11(10)16)12(17)19-20/h5-7,13,18,20H,8H2,1-4H3,(H2,17,19). The zero-order chi connectivity index (χ0) is 15.1. The molecule has 0 atom stereocenters. The van der Waals surface area contributed by atoms with Crippen molar-refractivity contribution in [1.82, 2.24) is 5.32 Å². The molecule has 0 heterocycles. The van der Waals surface area contributed by atoms with Gasteiger partial charge in [-0.1, -0.05) is 56.6 Å². The van der Waals surface area contributed by atoms with Gasteiger partial charge in [-0.25, -0.2) is 0 Å². The Bertz CT molecular complexity index is 538. The first-order valence-corrected chi connectivity index (χ1v) is 7.09. The lowest BCUT2D eigenvalue weighted by atomic mass is 10.0. The van der Waals surface area contributed by atoms with E-state index in [1.807, 2.05) is 6.07 Å². The summed E-state index contributed by atoms with van der Waals surface area (Å²) in [5, 5.41) is 15.8. The van der Waals surface area contributed by atoms with Crippen LogP contribution in [0.15, 0.2) is 23.4 Å². The van der Waals surface area contributed by atoms with Crippen molar-refractivity contribution in [2.24, 2.45) is 21.7 Å². The molecule has 1 aromatic carbocycles. The Balaban J connectivity index is 2.05. The molecule has 1 aliphatic rings. The monoisotopic (exact) mass is 295 g/mol. The molecule has 1 aliphatic carbocycles. The van der Waals surface area contributed by atoms with Gasteiger partial charge in [0.15, 0.2) is 5.84 Å². The zero-order valence-electron chi connectivity index (χ0n) is 12.4. The number of nitrogens with two attached hydrogens (primary N) is 1. The van der Waals surface area contributed by atoms with Gasteiger partial charge in [-0.3, -0.25) is 0 Å². The van der Waals surface area contributed by atoms with E-state index in [9.17, 15) is 0 Å². The van der Waals surface area contributed by atoms with Crippen molar-refractivity contribution in [1.29, 1.82) is 0 Å². The second-order valence-electron chi connectivity index (χ2n) is 6.55. The van der Waals surface area contributed by atoms with E-state index in [0.29, 0.717) is 34.0 Å². The number of rotatable bonds is 4. The van der Waals surface area contributed by atoms with Crippen LogP contribution in [0.3, 0.4) is 0 Å². The minimum Gasteiger partial charge on any atom is -0.409 e. The topological polar surface area (TPSA) is 70.6 Å². The van der Waals surface area contributed by atoms with Crippen LogP contribution in [0.5, 0.6) is 0 Å². The molecule has 4 nitrogen and oxygen atoms in total. The Labute approximate surface area is 125 Å². The molecular formula is C15H22ClN3O. The second kappa shape index (κ2) is 4.93. The minimum atomic E-state index is 0.0656. The minimum absolute atomic E-state index is 0.0656. The van der Waals surface area contributed by atoms with Crippen LogP contribution in [-0.2, 0) is 6.54 Å². The lowest BCUT2D eigenvalue weighted by molar-refractivity contribution is 0.318. The SMILES string of the molecule is CC1(C)C(NCc2ccc(/C(N)=N/O)cc2Cl)C1(C)C. The van der Waals surface area contributed by atoms with Crippen LogP contribution in [-0.4, -0.2) is 17.1 Å². The van der Waals surface area contributed by atoms with E-state index in [1.165, 1.54) is 0 Å². The van der Waals surface area contributed by atoms with Crippen LogP contribution in [0.4, 0.5) is 0 Å². The Kier molecular flexibility index (Phi) is 3.73. The molecule has 0 bridgehead atoms. The highest BCUT2D eigenvalue weighted by Crippen LogP contribution is 2.62. The molecule has 0 radical (unpaired) electrons. The van der Waals surface area contributed by atoms with Crippen molar-refractivity contribution in [3.63, 3.8) is 0 Å². The van der Waals surface area contributed by atoms with Crippen LogP contribution in [0.2, 0.25) is 5.02 Å². The average molecular weight is 296 g/mol. The first-order valence-electron chi connectivity index (χ1n) is 6.71. The zero-order valence-corrected chi connectivity index (χ0v) is 13.1. The molecule has 0 aliphatic heterocycles. The van der Waals surface area contributed by atoms with Crippen LogP contribution < -0.4 is 11.1 Å². The first-order chi connectivity index (χ1) is 9.21. The molecule has 0 saturated heterocycles. The number of benzene rings is 1. The normalized spacial score (nSPS) is 20.9. The Morgan fingerprint density at radius 2 is 1.95 bits per heavy atom. The average Bonchev–Trinajstić information content (AvgIpc) is 2.77. The maximum Gasteiger partial charge on any atom is 0.170 e. The van der Waals surface area contributed by atoms with E-state index in [0.717, 1.165) is 5.56 Å². The smallest absolute Gasteiger partial charge is 0.170 e. The summed E-state index contributed by atoms with van der Waals surface area (Å²) in [6.07, 6.45) is 0. The Morgan fingerprint density at radius 1 is 1.35 bits per heavy atom. The number of nitrogens with one attached hydrogen (secondary N) is 1. The quantitative estimate of drug-likeness (QED) is 0.346. The molecule has 20 heavy (non-hydrogen) atoms. The van der Waals surface area contributed by atoms with Gasteiger partial charge in [0.1, 0.15) is 0 Å². The summed E-state index contributed by atoms with van der Waals surface area (Å²) < 4.78 is 0. The van der Waals surface area contributed by atoms with Gasteiger partial charge in [0.25, 0.3) is 0 Å². The van der Waals surface area contributed by atoms with Gasteiger partial charge in [-0.2, -0.15) is 0 Å². The summed E-state index contributed by atoms with van der Waals surface area (Å²) in [6.45, 7) is 9.80. The summed E-state index contributed by atoms with van der Waals surface area (Å²) in [7, 11) is 0. The van der Waals surface area contributed by atoms with Crippen LogP contribution in [0.25, 0.3) is 0 Å². The largest absolute Gasteiger partial charge is 0.409 e. The summed E-state index contributed by atoms with van der Waals surface area (Å²) in [4.78, 5) is 0. The van der Waals surface area contributed by atoms with Gasteiger partial charge in [0, 0.05) is 23.2 Å². The van der Waals surface area contributed by atoms with Crippen molar-refractivity contribution in [3.8, 4) is 0 Å². The molecule has 4 N–H and O–H groups in total. The maximum absolute atomic E-state index is 8.66. The third kappa shape index (κ3) is 2.38. The molecule has 1 aromatic rings. The number of halogens is 1. The molecule has 5 heteroatoms. The molecule has 1 saturated carbocycles. The lowest BCUT2D eigenvalue weighted by Gasteiger charge is -2.09. The van der Waals surface area contributed by atoms with E-state index >= 15 is 0 Å².